The number of carboxylic acids is 1. The number of hydrogen-bond donors (Lipinski definition) is 1. The van der Waals surface area contributed by atoms with E-state index in [1.807, 2.05) is 0 Å². The van der Waals surface area contributed by atoms with Crippen LogP contribution in [0.5, 0.6) is 5.88 Å². The summed E-state index contributed by atoms with van der Waals surface area (Å²) >= 11 is 0. The van der Waals surface area contributed by atoms with Gasteiger partial charge in [0.15, 0.2) is 0 Å². The van der Waals surface area contributed by atoms with Crippen LogP contribution in [0.1, 0.15) is 10.4 Å². The molecule has 0 unspecified atom stereocenters. The van der Waals surface area contributed by atoms with Gasteiger partial charge in [-0.15, -0.1) is 0 Å². The van der Waals surface area contributed by atoms with Crippen molar-refractivity contribution in [1.29, 1.82) is 0 Å². The minimum Gasteiger partial charge on any atom is -0.478 e. The van der Waals surface area contributed by atoms with Crippen LogP contribution in [0.2, 0.25) is 0 Å². The fourth-order valence-corrected chi connectivity index (χ4v) is 1.43. The fourth-order valence-electron chi connectivity index (χ4n) is 1.43. The van der Waals surface area contributed by atoms with Gasteiger partial charge in [-0.25, -0.2) is 9.78 Å². The van der Waals surface area contributed by atoms with E-state index >= 15 is 0 Å². The lowest BCUT2D eigenvalue weighted by molar-refractivity contribution is -0.0528. The summed E-state index contributed by atoms with van der Waals surface area (Å²) in [6.07, 6.45) is 3.98. The summed E-state index contributed by atoms with van der Waals surface area (Å²) in [5.41, 5.74) is 1.11. The maximum Gasteiger partial charge on any atom is 0.388 e. The van der Waals surface area contributed by atoms with Crippen LogP contribution >= 0.6 is 0 Å². The first-order valence-electron chi connectivity index (χ1n) is 5.16. The molecule has 1 N–H and O–H groups in total. The molecule has 98 valence electrons. The number of ether oxygens (including phenoxy) is 1. The third-order valence-corrected chi connectivity index (χ3v) is 2.26. The average molecular weight is 266 g/mol. The van der Waals surface area contributed by atoms with Crippen molar-refractivity contribution in [2.45, 2.75) is 6.61 Å². The Morgan fingerprint density at radius 2 is 2.00 bits per heavy atom. The van der Waals surface area contributed by atoms with Gasteiger partial charge in [0, 0.05) is 35.8 Å². The highest BCUT2D eigenvalue weighted by Gasteiger charge is 2.08. The molecular formula is C12H8F2N2O3. The molecule has 0 bridgehead atoms. The topological polar surface area (TPSA) is 72.3 Å². The molecule has 2 rings (SSSR count). The van der Waals surface area contributed by atoms with Gasteiger partial charge in [-0.1, -0.05) is 0 Å². The number of carboxylic acid groups (broad SMARTS) is 1. The first-order valence-corrected chi connectivity index (χ1v) is 5.16. The molecule has 0 saturated heterocycles. The SMILES string of the molecule is O=C(O)c1cncc(-c2ccc(OC(F)F)nc2)c1. The highest BCUT2D eigenvalue weighted by Crippen LogP contribution is 2.21. The third kappa shape index (κ3) is 3.21. The van der Waals surface area contributed by atoms with Gasteiger partial charge in [-0.3, -0.25) is 4.98 Å². The van der Waals surface area contributed by atoms with Crippen molar-refractivity contribution < 1.29 is 23.4 Å². The first kappa shape index (κ1) is 12.9. The molecule has 0 aliphatic heterocycles. The summed E-state index contributed by atoms with van der Waals surface area (Å²) in [6.45, 7) is -2.93. The number of halogens is 2. The van der Waals surface area contributed by atoms with Crippen LogP contribution in [0.15, 0.2) is 36.8 Å². The highest BCUT2D eigenvalue weighted by atomic mass is 19.3. The van der Waals surface area contributed by atoms with Crippen LogP contribution in [0, 0.1) is 0 Å². The second-order valence-electron chi connectivity index (χ2n) is 3.53. The maximum atomic E-state index is 11.9. The molecule has 0 fully saturated rings. The first-order chi connectivity index (χ1) is 9.06. The van der Waals surface area contributed by atoms with Crippen LogP contribution in [0.3, 0.4) is 0 Å². The lowest BCUT2D eigenvalue weighted by atomic mass is 10.1. The molecule has 0 aliphatic carbocycles. The predicted octanol–water partition coefficient (Wildman–Crippen LogP) is 2.44. The van der Waals surface area contributed by atoms with Crippen LogP contribution in [-0.2, 0) is 0 Å². The molecule has 19 heavy (non-hydrogen) atoms. The quantitative estimate of drug-likeness (QED) is 0.920. The standard InChI is InChI=1S/C12H8F2N2O3/c13-12(14)19-10-2-1-7(6-16-10)8-3-9(11(17)18)5-15-4-8/h1-6,12H,(H,17,18). The Balaban J connectivity index is 2.27. The van der Waals surface area contributed by atoms with E-state index in [1.54, 1.807) is 0 Å². The van der Waals surface area contributed by atoms with Gasteiger partial charge >= 0.3 is 12.6 Å². The van der Waals surface area contributed by atoms with E-state index < -0.39 is 12.6 Å². The average Bonchev–Trinajstić information content (AvgIpc) is 2.39. The molecular weight excluding hydrogens is 258 g/mol. The molecule has 0 radical (unpaired) electrons. The summed E-state index contributed by atoms with van der Waals surface area (Å²) in [5.74, 6) is -1.30. The molecule has 0 spiro atoms. The lowest BCUT2D eigenvalue weighted by Gasteiger charge is -2.05. The molecule has 7 heteroatoms. The molecule has 0 atom stereocenters. The van der Waals surface area contributed by atoms with Crippen LogP contribution < -0.4 is 4.74 Å². The number of hydrogen-bond acceptors (Lipinski definition) is 4. The summed E-state index contributed by atoms with van der Waals surface area (Å²) in [5, 5.41) is 8.84. The molecule has 2 heterocycles. The largest absolute Gasteiger partial charge is 0.478 e. The molecule has 2 aromatic rings. The smallest absolute Gasteiger partial charge is 0.388 e. The minimum absolute atomic E-state index is 0.0328. The van der Waals surface area contributed by atoms with Gasteiger partial charge in [-0.2, -0.15) is 8.78 Å². The molecule has 5 nitrogen and oxygen atoms in total. The van der Waals surface area contributed by atoms with E-state index in [4.69, 9.17) is 5.11 Å². The van der Waals surface area contributed by atoms with Crippen molar-refractivity contribution in [2.75, 3.05) is 0 Å². The van der Waals surface area contributed by atoms with Crippen molar-refractivity contribution in [2.24, 2.45) is 0 Å². The van der Waals surface area contributed by atoms with E-state index in [-0.39, 0.29) is 11.4 Å². The van der Waals surface area contributed by atoms with Gasteiger partial charge < -0.3 is 9.84 Å². The van der Waals surface area contributed by atoms with Gasteiger partial charge in [-0.05, 0) is 12.1 Å². The molecule has 0 aromatic carbocycles. The second-order valence-corrected chi connectivity index (χ2v) is 3.53. The number of carbonyl (C=O) groups is 1. The predicted molar refractivity (Wildman–Crippen MR) is 61.1 cm³/mol. The van der Waals surface area contributed by atoms with E-state index in [0.29, 0.717) is 11.1 Å². The van der Waals surface area contributed by atoms with E-state index in [0.717, 1.165) is 0 Å². The normalized spacial score (nSPS) is 10.5. The zero-order chi connectivity index (χ0) is 13.8. The number of aromatic nitrogens is 2. The van der Waals surface area contributed by atoms with Gasteiger partial charge in [0.1, 0.15) is 0 Å². The number of aromatic carboxylic acids is 1. The van der Waals surface area contributed by atoms with E-state index in [9.17, 15) is 13.6 Å². The molecule has 2 aromatic heterocycles. The van der Waals surface area contributed by atoms with Gasteiger partial charge in [0.05, 0.1) is 5.56 Å². The summed E-state index contributed by atoms with van der Waals surface area (Å²) in [7, 11) is 0. The van der Waals surface area contributed by atoms with Crippen LogP contribution in [-0.4, -0.2) is 27.7 Å². The third-order valence-electron chi connectivity index (χ3n) is 2.26. The zero-order valence-electron chi connectivity index (χ0n) is 9.46. The Bertz CT molecular complexity index is 588. The number of alkyl halides is 2. The number of pyridine rings is 2. The second kappa shape index (κ2) is 5.38. The zero-order valence-corrected chi connectivity index (χ0v) is 9.46. The van der Waals surface area contributed by atoms with Crippen molar-refractivity contribution in [1.82, 2.24) is 9.97 Å². The van der Waals surface area contributed by atoms with Crippen LogP contribution in [0.25, 0.3) is 11.1 Å². The highest BCUT2D eigenvalue weighted by molar-refractivity contribution is 5.88. The number of nitrogens with zero attached hydrogens (tertiary/aromatic N) is 2. The summed E-state index contributed by atoms with van der Waals surface area (Å²) < 4.78 is 28.0. The van der Waals surface area contributed by atoms with Crippen molar-refractivity contribution in [3.05, 3.63) is 42.4 Å². The van der Waals surface area contributed by atoms with Gasteiger partial charge in [0.25, 0.3) is 0 Å². The van der Waals surface area contributed by atoms with Crippen molar-refractivity contribution >= 4 is 5.97 Å². The van der Waals surface area contributed by atoms with E-state index in [2.05, 4.69) is 14.7 Å². The molecule has 0 amide bonds. The Morgan fingerprint density at radius 3 is 2.58 bits per heavy atom. The summed E-state index contributed by atoms with van der Waals surface area (Å²) in [4.78, 5) is 18.3. The molecule has 0 saturated carbocycles. The van der Waals surface area contributed by atoms with Crippen LogP contribution in [0.4, 0.5) is 8.78 Å². The van der Waals surface area contributed by atoms with Crippen molar-refractivity contribution in [3.63, 3.8) is 0 Å². The molecule has 0 aliphatic rings. The van der Waals surface area contributed by atoms with Gasteiger partial charge in [0.2, 0.25) is 5.88 Å². The Hall–Kier alpha value is -2.57. The fraction of sp³-hybridized carbons (Fsp3) is 0.0833. The lowest BCUT2D eigenvalue weighted by Crippen LogP contribution is -2.03. The summed E-state index contributed by atoms with van der Waals surface area (Å²) in [6, 6.07) is 4.18. The van der Waals surface area contributed by atoms with E-state index in [1.165, 1.54) is 36.8 Å². The van der Waals surface area contributed by atoms with Crippen molar-refractivity contribution in [3.8, 4) is 17.0 Å². The Kier molecular flexibility index (Phi) is 3.65. The Labute approximate surface area is 106 Å². The monoisotopic (exact) mass is 266 g/mol. The Morgan fingerprint density at radius 1 is 1.21 bits per heavy atom. The maximum absolute atomic E-state index is 11.9. The number of rotatable bonds is 4. The minimum atomic E-state index is -2.93.